The first-order valence-electron chi connectivity index (χ1n) is 7.53. The number of thioether (sulfide) groups is 1. The number of aromatic nitrogens is 5. The third-order valence-corrected chi connectivity index (χ3v) is 4.43. The molecule has 0 bridgehead atoms. The number of hydrogen-bond donors (Lipinski definition) is 2. The molecular formula is C16H16N6O2S. The van der Waals surface area contributed by atoms with E-state index < -0.39 is 11.5 Å². The Morgan fingerprint density at radius 1 is 1.32 bits per heavy atom. The molecule has 0 aliphatic rings. The van der Waals surface area contributed by atoms with Gasteiger partial charge in [-0.2, -0.15) is 0 Å². The zero-order valence-electron chi connectivity index (χ0n) is 13.5. The first-order chi connectivity index (χ1) is 12.1. The molecule has 0 aliphatic heterocycles. The van der Waals surface area contributed by atoms with Crippen LogP contribution < -0.4 is 10.9 Å². The summed E-state index contributed by atoms with van der Waals surface area (Å²) in [6.07, 6.45) is 8.08. The predicted molar refractivity (Wildman–Crippen MR) is 94.4 cm³/mol. The fourth-order valence-electron chi connectivity index (χ4n) is 2.10. The second-order valence-corrected chi connectivity index (χ2v) is 6.20. The molecule has 3 aromatic rings. The van der Waals surface area contributed by atoms with Crippen molar-refractivity contribution in [3.05, 3.63) is 59.0 Å². The van der Waals surface area contributed by atoms with Gasteiger partial charge >= 0.3 is 0 Å². The highest BCUT2D eigenvalue weighted by Gasteiger charge is 2.12. The minimum Gasteiger partial charge on any atom is -0.351 e. The molecule has 0 atom stereocenters. The normalized spacial score (nSPS) is 10.6. The predicted octanol–water partition coefficient (Wildman–Crippen LogP) is 1.09. The molecule has 0 spiro atoms. The molecule has 2 N–H and O–H groups in total. The molecule has 0 aliphatic carbocycles. The van der Waals surface area contributed by atoms with Crippen molar-refractivity contribution in [3.8, 4) is 11.4 Å². The Morgan fingerprint density at radius 3 is 2.88 bits per heavy atom. The van der Waals surface area contributed by atoms with E-state index in [-0.39, 0.29) is 5.56 Å². The molecule has 3 aromatic heterocycles. The van der Waals surface area contributed by atoms with Gasteiger partial charge in [-0.15, -0.1) is 0 Å². The van der Waals surface area contributed by atoms with Crippen LogP contribution in [0.1, 0.15) is 10.4 Å². The highest BCUT2D eigenvalue weighted by Crippen LogP contribution is 2.13. The number of imidazole rings is 1. The van der Waals surface area contributed by atoms with E-state index in [2.05, 4.69) is 25.3 Å². The van der Waals surface area contributed by atoms with E-state index >= 15 is 0 Å². The Bertz CT molecular complexity index is 922. The standard InChI is InChI=1S/C16H16N6O2S/c1-22-7-5-19-16(22)25-8-6-18-14(23)12-10-20-13(21-15(12)24)11-3-2-4-17-9-11/h2-5,7,9-10H,6,8H2,1H3,(H,18,23)(H,20,21,24). The van der Waals surface area contributed by atoms with Gasteiger partial charge in [-0.3, -0.25) is 14.6 Å². The maximum Gasteiger partial charge on any atom is 0.264 e. The topological polar surface area (TPSA) is 106 Å². The summed E-state index contributed by atoms with van der Waals surface area (Å²) < 4.78 is 1.90. The molecule has 0 fully saturated rings. The Balaban J connectivity index is 1.59. The van der Waals surface area contributed by atoms with E-state index in [4.69, 9.17) is 0 Å². The van der Waals surface area contributed by atoms with Gasteiger partial charge in [0.2, 0.25) is 0 Å². The summed E-state index contributed by atoms with van der Waals surface area (Å²) in [6.45, 7) is 0.417. The number of aromatic amines is 1. The first kappa shape index (κ1) is 16.9. The Kier molecular flexibility index (Phi) is 5.24. The van der Waals surface area contributed by atoms with Gasteiger partial charge in [0.05, 0.1) is 0 Å². The highest BCUT2D eigenvalue weighted by molar-refractivity contribution is 7.99. The molecular weight excluding hydrogens is 340 g/mol. The lowest BCUT2D eigenvalue weighted by Gasteiger charge is -2.05. The molecule has 25 heavy (non-hydrogen) atoms. The summed E-state index contributed by atoms with van der Waals surface area (Å²) in [5.41, 5.74) is 0.177. The van der Waals surface area contributed by atoms with Crippen LogP contribution in [0.3, 0.4) is 0 Å². The Morgan fingerprint density at radius 2 is 2.20 bits per heavy atom. The summed E-state index contributed by atoms with van der Waals surface area (Å²) in [7, 11) is 1.91. The fraction of sp³-hybridized carbons (Fsp3) is 0.188. The largest absolute Gasteiger partial charge is 0.351 e. The number of hydrogen-bond acceptors (Lipinski definition) is 6. The van der Waals surface area contributed by atoms with E-state index in [1.807, 2.05) is 17.8 Å². The minimum atomic E-state index is -0.483. The van der Waals surface area contributed by atoms with Gasteiger partial charge in [0, 0.05) is 55.9 Å². The summed E-state index contributed by atoms with van der Waals surface area (Å²) in [6, 6.07) is 3.52. The van der Waals surface area contributed by atoms with Crippen molar-refractivity contribution in [2.24, 2.45) is 7.05 Å². The quantitative estimate of drug-likeness (QED) is 0.506. The van der Waals surface area contributed by atoms with Gasteiger partial charge in [-0.25, -0.2) is 9.97 Å². The van der Waals surface area contributed by atoms with Gasteiger partial charge in [-0.1, -0.05) is 11.8 Å². The SMILES string of the molecule is Cn1ccnc1SCCNC(=O)c1cnc(-c2cccnc2)[nH]c1=O. The zero-order valence-corrected chi connectivity index (χ0v) is 14.3. The van der Waals surface area contributed by atoms with E-state index in [0.29, 0.717) is 23.7 Å². The summed E-state index contributed by atoms with van der Waals surface area (Å²) in [5, 5.41) is 3.58. The number of carbonyl (C=O) groups excluding carboxylic acids is 1. The molecule has 0 radical (unpaired) electrons. The molecule has 3 heterocycles. The van der Waals surface area contributed by atoms with Gasteiger partial charge in [0.1, 0.15) is 11.4 Å². The van der Waals surface area contributed by atoms with Crippen LogP contribution in [0.25, 0.3) is 11.4 Å². The average molecular weight is 356 g/mol. The molecule has 128 valence electrons. The summed E-state index contributed by atoms with van der Waals surface area (Å²) >= 11 is 1.52. The Labute approximate surface area is 147 Å². The lowest BCUT2D eigenvalue weighted by molar-refractivity contribution is 0.0954. The van der Waals surface area contributed by atoms with Crippen molar-refractivity contribution in [2.45, 2.75) is 5.16 Å². The van der Waals surface area contributed by atoms with Crippen molar-refractivity contribution in [2.75, 3.05) is 12.3 Å². The first-order valence-corrected chi connectivity index (χ1v) is 8.52. The third-order valence-electron chi connectivity index (χ3n) is 3.37. The Hall–Kier alpha value is -2.94. The molecule has 3 rings (SSSR count). The molecule has 0 saturated carbocycles. The van der Waals surface area contributed by atoms with Crippen molar-refractivity contribution >= 4 is 17.7 Å². The van der Waals surface area contributed by atoms with Crippen LogP contribution in [0, 0.1) is 0 Å². The fourth-order valence-corrected chi connectivity index (χ4v) is 2.89. The van der Waals surface area contributed by atoms with Crippen LogP contribution in [0.15, 0.2) is 53.1 Å². The number of amides is 1. The van der Waals surface area contributed by atoms with Crippen molar-refractivity contribution < 1.29 is 4.79 Å². The number of pyridine rings is 1. The van der Waals surface area contributed by atoms with Crippen molar-refractivity contribution in [1.29, 1.82) is 0 Å². The number of nitrogens with zero attached hydrogens (tertiary/aromatic N) is 4. The lowest BCUT2D eigenvalue weighted by Crippen LogP contribution is -2.31. The molecule has 8 nitrogen and oxygen atoms in total. The monoisotopic (exact) mass is 356 g/mol. The number of nitrogens with one attached hydrogen (secondary N) is 2. The average Bonchev–Trinajstić information content (AvgIpc) is 3.04. The number of carbonyl (C=O) groups is 1. The minimum absolute atomic E-state index is 0.0189. The van der Waals surface area contributed by atoms with Crippen LogP contribution in [0.5, 0.6) is 0 Å². The van der Waals surface area contributed by atoms with E-state index in [1.165, 1.54) is 18.0 Å². The van der Waals surface area contributed by atoms with Gasteiger partial charge in [-0.05, 0) is 12.1 Å². The molecule has 0 unspecified atom stereocenters. The maximum atomic E-state index is 12.1. The van der Waals surface area contributed by atoms with Crippen LogP contribution in [0.4, 0.5) is 0 Å². The molecule has 0 saturated heterocycles. The number of H-pyrrole nitrogens is 1. The highest BCUT2D eigenvalue weighted by atomic mass is 32.2. The second-order valence-electron chi connectivity index (χ2n) is 5.14. The second kappa shape index (κ2) is 7.75. The summed E-state index contributed by atoms with van der Waals surface area (Å²) in [5.74, 6) is 0.572. The van der Waals surface area contributed by atoms with Gasteiger partial charge in [0.25, 0.3) is 11.5 Å². The molecule has 1 amide bonds. The number of rotatable bonds is 6. The van der Waals surface area contributed by atoms with Crippen LogP contribution in [-0.4, -0.2) is 42.7 Å². The van der Waals surface area contributed by atoms with Gasteiger partial charge in [0.15, 0.2) is 5.16 Å². The van der Waals surface area contributed by atoms with E-state index in [0.717, 1.165) is 5.16 Å². The van der Waals surface area contributed by atoms with Crippen molar-refractivity contribution in [3.63, 3.8) is 0 Å². The molecule has 9 heteroatoms. The van der Waals surface area contributed by atoms with Gasteiger partial charge < -0.3 is 14.9 Å². The third kappa shape index (κ3) is 4.13. The molecule has 0 aromatic carbocycles. The van der Waals surface area contributed by atoms with Crippen LogP contribution in [0.2, 0.25) is 0 Å². The zero-order chi connectivity index (χ0) is 17.6. The lowest BCUT2D eigenvalue weighted by atomic mass is 10.2. The van der Waals surface area contributed by atoms with Crippen LogP contribution >= 0.6 is 11.8 Å². The van der Waals surface area contributed by atoms with E-state index in [9.17, 15) is 9.59 Å². The maximum absolute atomic E-state index is 12.1. The van der Waals surface area contributed by atoms with Crippen LogP contribution in [-0.2, 0) is 7.05 Å². The van der Waals surface area contributed by atoms with Crippen molar-refractivity contribution in [1.82, 2.24) is 29.8 Å². The smallest absolute Gasteiger partial charge is 0.264 e. The number of aryl methyl sites for hydroxylation is 1. The summed E-state index contributed by atoms with van der Waals surface area (Å²) in [4.78, 5) is 39.2. The van der Waals surface area contributed by atoms with E-state index in [1.54, 1.807) is 30.7 Å².